The molecule has 4 nitrogen and oxygen atoms in total. The van der Waals surface area contributed by atoms with Crippen LogP contribution in [0, 0.1) is 0 Å². The van der Waals surface area contributed by atoms with Gasteiger partial charge in [-0.3, -0.25) is 4.79 Å². The number of benzene rings is 1. The highest BCUT2D eigenvalue weighted by molar-refractivity contribution is 9.10. The number of alkyl halides is 1. The maximum Gasteiger partial charge on any atom is 0.251 e. The largest absolute Gasteiger partial charge is 0.507 e. The number of phenolic OH excluding ortho intramolecular Hbond substituents is 1. The van der Waals surface area contributed by atoms with E-state index in [0.717, 1.165) is 0 Å². The summed E-state index contributed by atoms with van der Waals surface area (Å²) in [4.78, 5) is 11.9. The first-order chi connectivity index (χ1) is 8.58. The zero-order chi connectivity index (χ0) is 13.5. The molecular weight excluding hydrogens is 321 g/mol. The molecule has 0 aliphatic heterocycles. The van der Waals surface area contributed by atoms with E-state index in [2.05, 4.69) is 21.2 Å². The molecule has 1 atom stereocenters. The fraction of sp³-hybridized carbons (Fsp3) is 0.417. The summed E-state index contributed by atoms with van der Waals surface area (Å²) in [6, 6.07) is 4.52. The fourth-order valence-corrected chi connectivity index (χ4v) is 1.96. The molecule has 0 saturated carbocycles. The molecular formula is C12H15BrClNO3. The highest BCUT2D eigenvalue weighted by Crippen LogP contribution is 2.24. The average Bonchev–Trinajstić information content (AvgIpc) is 2.33. The summed E-state index contributed by atoms with van der Waals surface area (Å²) in [5.74, 6) is 0.216. The van der Waals surface area contributed by atoms with Crippen LogP contribution in [-0.4, -0.2) is 36.7 Å². The molecule has 100 valence electrons. The van der Waals surface area contributed by atoms with Gasteiger partial charge in [0.05, 0.1) is 17.1 Å². The number of hydrogen-bond acceptors (Lipinski definition) is 3. The zero-order valence-corrected chi connectivity index (χ0v) is 12.3. The molecule has 2 N–H and O–H groups in total. The van der Waals surface area contributed by atoms with Gasteiger partial charge in [-0.1, -0.05) is 0 Å². The SMILES string of the molecule is COCC(CCCl)NC(=O)c1ccc(Br)c(O)c1. The predicted molar refractivity (Wildman–Crippen MR) is 74.3 cm³/mol. The van der Waals surface area contributed by atoms with E-state index in [0.29, 0.717) is 28.9 Å². The minimum atomic E-state index is -0.259. The maximum atomic E-state index is 11.9. The van der Waals surface area contributed by atoms with E-state index < -0.39 is 0 Å². The third-order valence-electron chi connectivity index (χ3n) is 2.37. The van der Waals surface area contributed by atoms with Crippen molar-refractivity contribution in [1.29, 1.82) is 0 Å². The Morgan fingerprint density at radius 3 is 2.89 bits per heavy atom. The Labute approximate surface area is 119 Å². The molecule has 0 radical (unpaired) electrons. The van der Waals surface area contributed by atoms with E-state index in [1.54, 1.807) is 19.2 Å². The van der Waals surface area contributed by atoms with Crippen molar-refractivity contribution in [2.45, 2.75) is 12.5 Å². The van der Waals surface area contributed by atoms with Gasteiger partial charge in [0.2, 0.25) is 0 Å². The normalized spacial score (nSPS) is 12.2. The van der Waals surface area contributed by atoms with Crippen molar-refractivity contribution in [1.82, 2.24) is 5.32 Å². The molecule has 0 saturated heterocycles. The van der Waals surface area contributed by atoms with Crippen molar-refractivity contribution in [3.05, 3.63) is 28.2 Å². The maximum absolute atomic E-state index is 11.9. The third kappa shape index (κ3) is 4.48. The van der Waals surface area contributed by atoms with Crippen molar-refractivity contribution in [3.8, 4) is 5.75 Å². The molecule has 0 spiro atoms. The number of amides is 1. The Morgan fingerprint density at radius 1 is 1.61 bits per heavy atom. The summed E-state index contributed by atoms with van der Waals surface area (Å²) < 4.78 is 5.56. The van der Waals surface area contributed by atoms with Gasteiger partial charge in [0, 0.05) is 18.6 Å². The molecule has 0 heterocycles. The quantitative estimate of drug-likeness (QED) is 0.785. The highest BCUT2D eigenvalue weighted by Gasteiger charge is 2.14. The molecule has 18 heavy (non-hydrogen) atoms. The Kier molecular flexibility index (Phi) is 6.46. The van der Waals surface area contributed by atoms with Gasteiger partial charge in [0.25, 0.3) is 5.91 Å². The average molecular weight is 337 g/mol. The molecule has 1 amide bonds. The van der Waals surface area contributed by atoms with E-state index in [1.165, 1.54) is 6.07 Å². The minimum Gasteiger partial charge on any atom is -0.507 e. The lowest BCUT2D eigenvalue weighted by Crippen LogP contribution is -2.38. The molecule has 0 aliphatic carbocycles. The van der Waals surface area contributed by atoms with Crippen LogP contribution in [-0.2, 0) is 4.74 Å². The van der Waals surface area contributed by atoms with E-state index >= 15 is 0 Å². The van der Waals surface area contributed by atoms with E-state index in [-0.39, 0.29) is 17.7 Å². The molecule has 0 bridgehead atoms. The van der Waals surface area contributed by atoms with Gasteiger partial charge in [-0.15, -0.1) is 11.6 Å². The molecule has 1 rings (SSSR count). The molecule has 0 fully saturated rings. The Hall–Kier alpha value is -0.780. The number of rotatable bonds is 6. The van der Waals surface area contributed by atoms with Crippen molar-refractivity contribution in [3.63, 3.8) is 0 Å². The fourth-order valence-electron chi connectivity index (χ4n) is 1.45. The summed E-state index contributed by atoms with van der Waals surface area (Å²) in [6.07, 6.45) is 0.629. The van der Waals surface area contributed by atoms with Crippen LogP contribution in [0.15, 0.2) is 22.7 Å². The predicted octanol–water partition coefficient (Wildman–Crippen LogP) is 2.53. The van der Waals surface area contributed by atoms with Crippen molar-refractivity contribution < 1.29 is 14.6 Å². The monoisotopic (exact) mass is 335 g/mol. The molecule has 0 aromatic heterocycles. The van der Waals surface area contributed by atoms with Crippen LogP contribution in [0.1, 0.15) is 16.8 Å². The van der Waals surface area contributed by atoms with Gasteiger partial charge in [0.1, 0.15) is 5.75 Å². The second kappa shape index (κ2) is 7.61. The van der Waals surface area contributed by atoms with Crippen molar-refractivity contribution >= 4 is 33.4 Å². The molecule has 6 heteroatoms. The van der Waals surface area contributed by atoms with Crippen LogP contribution in [0.2, 0.25) is 0 Å². The Morgan fingerprint density at radius 2 is 2.33 bits per heavy atom. The molecule has 1 unspecified atom stereocenters. The van der Waals surface area contributed by atoms with Crippen LogP contribution in [0.4, 0.5) is 0 Å². The van der Waals surface area contributed by atoms with Gasteiger partial charge >= 0.3 is 0 Å². The van der Waals surface area contributed by atoms with Gasteiger partial charge < -0.3 is 15.2 Å². The number of carbonyl (C=O) groups excluding carboxylic acids is 1. The van der Waals surface area contributed by atoms with Gasteiger partial charge in [-0.05, 0) is 40.5 Å². The highest BCUT2D eigenvalue weighted by atomic mass is 79.9. The Bertz CT molecular complexity index is 408. The van der Waals surface area contributed by atoms with Crippen LogP contribution >= 0.6 is 27.5 Å². The number of aromatic hydroxyl groups is 1. The van der Waals surface area contributed by atoms with E-state index in [4.69, 9.17) is 16.3 Å². The minimum absolute atomic E-state index is 0.0308. The lowest BCUT2D eigenvalue weighted by atomic mass is 10.1. The molecule has 1 aromatic carbocycles. The molecule has 0 aliphatic rings. The van der Waals surface area contributed by atoms with Crippen LogP contribution in [0.3, 0.4) is 0 Å². The summed E-state index contributed by atoms with van der Waals surface area (Å²) in [7, 11) is 1.57. The van der Waals surface area contributed by atoms with E-state index in [9.17, 15) is 9.90 Å². The summed E-state index contributed by atoms with van der Waals surface area (Å²) in [5, 5.41) is 12.3. The zero-order valence-electron chi connectivity index (χ0n) is 9.95. The number of halogens is 2. The summed E-state index contributed by atoms with van der Waals surface area (Å²) >= 11 is 8.81. The standard InChI is InChI=1S/C12H15BrClNO3/c1-18-7-9(4-5-14)15-12(17)8-2-3-10(13)11(16)6-8/h2-3,6,9,16H,4-5,7H2,1H3,(H,15,17). The van der Waals surface area contributed by atoms with Gasteiger partial charge in [0.15, 0.2) is 0 Å². The van der Waals surface area contributed by atoms with Crippen LogP contribution < -0.4 is 5.32 Å². The van der Waals surface area contributed by atoms with Gasteiger partial charge in [-0.25, -0.2) is 0 Å². The topological polar surface area (TPSA) is 58.6 Å². The van der Waals surface area contributed by atoms with Crippen LogP contribution in [0.5, 0.6) is 5.75 Å². The summed E-state index contributed by atoms with van der Waals surface area (Å²) in [5.41, 5.74) is 0.395. The number of ether oxygens (including phenoxy) is 1. The smallest absolute Gasteiger partial charge is 0.251 e. The first-order valence-corrected chi connectivity index (χ1v) is 6.75. The van der Waals surface area contributed by atoms with Crippen LogP contribution in [0.25, 0.3) is 0 Å². The first-order valence-electron chi connectivity index (χ1n) is 5.42. The first kappa shape index (κ1) is 15.3. The third-order valence-corrected chi connectivity index (χ3v) is 3.26. The number of methoxy groups -OCH3 is 1. The number of nitrogens with one attached hydrogen (secondary N) is 1. The van der Waals surface area contributed by atoms with E-state index in [1.807, 2.05) is 0 Å². The second-order valence-electron chi connectivity index (χ2n) is 3.77. The molecule has 1 aromatic rings. The van der Waals surface area contributed by atoms with Gasteiger partial charge in [-0.2, -0.15) is 0 Å². The Balaban J connectivity index is 2.70. The number of hydrogen-bond donors (Lipinski definition) is 2. The number of carbonyl (C=O) groups is 1. The summed E-state index contributed by atoms with van der Waals surface area (Å²) in [6.45, 7) is 0.404. The van der Waals surface area contributed by atoms with Crippen molar-refractivity contribution in [2.24, 2.45) is 0 Å². The lowest BCUT2D eigenvalue weighted by molar-refractivity contribution is 0.0895. The van der Waals surface area contributed by atoms with Crippen molar-refractivity contribution in [2.75, 3.05) is 19.6 Å². The second-order valence-corrected chi connectivity index (χ2v) is 5.00. The number of phenols is 1. The lowest BCUT2D eigenvalue weighted by Gasteiger charge is -2.16.